The fourth-order valence-electron chi connectivity index (χ4n) is 4.11. The molecule has 3 heterocycles. The zero-order valence-corrected chi connectivity index (χ0v) is 16.0. The third-order valence-electron chi connectivity index (χ3n) is 6.06. The van der Waals surface area contributed by atoms with Gasteiger partial charge in [-0.3, -0.25) is 4.79 Å². The maximum Gasteiger partial charge on any atom is 0.410 e. The van der Waals surface area contributed by atoms with Gasteiger partial charge in [0.1, 0.15) is 11.6 Å². The van der Waals surface area contributed by atoms with E-state index in [-0.39, 0.29) is 18.0 Å². The van der Waals surface area contributed by atoms with Gasteiger partial charge in [0.25, 0.3) is 0 Å². The summed E-state index contributed by atoms with van der Waals surface area (Å²) in [6.07, 6.45) is 3.19. The normalized spacial score (nSPS) is 25.2. The zero-order chi connectivity index (χ0) is 18.9. The largest absolute Gasteiger partial charge is 0.441 e. The molecule has 0 aromatic carbocycles. The topological polar surface area (TPSA) is 82.2 Å². The predicted octanol–water partition coefficient (Wildman–Crippen LogP) is 1.26. The number of carbonyl (C=O) groups excluding carboxylic acids is 3. The van der Waals surface area contributed by atoms with E-state index in [0.29, 0.717) is 44.9 Å². The fourth-order valence-corrected chi connectivity index (χ4v) is 4.11. The molecule has 0 bridgehead atoms. The molecule has 3 rings (SSSR count). The number of amides is 4. The maximum atomic E-state index is 12.6. The van der Waals surface area contributed by atoms with Crippen LogP contribution in [0.3, 0.4) is 0 Å². The fraction of sp³-hybridized carbons (Fsp3) is 0.833. The van der Waals surface area contributed by atoms with Crippen LogP contribution in [0.15, 0.2) is 0 Å². The second kappa shape index (κ2) is 7.32. The number of piperidine rings is 1. The van der Waals surface area contributed by atoms with Crippen molar-refractivity contribution in [3.63, 3.8) is 0 Å². The standard InChI is InChI=1S/C18H30N4O4/c1-4-13(5-2)10-22-12-18(26-17(22)25)6-8-21(9-7-18)15(23)14-11-20(3)16(24)19-14/h13-14H,4-12H2,1-3H3,(H,19,24)/t14-/m1/s1. The van der Waals surface area contributed by atoms with Gasteiger partial charge in [-0.1, -0.05) is 26.7 Å². The number of nitrogens with zero attached hydrogens (tertiary/aromatic N) is 3. The van der Waals surface area contributed by atoms with Crippen molar-refractivity contribution in [2.75, 3.05) is 39.8 Å². The molecule has 0 saturated carbocycles. The van der Waals surface area contributed by atoms with Gasteiger partial charge in [0.2, 0.25) is 5.91 Å². The van der Waals surface area contributed by atoms with Gasteiger partial charge in [-0.05, 0) is 5.92 Å². The Morgan fingerprint density at radius 2 is 1.92 bits per heavy atom. The summed E-state index contributed by atoms with van der Waals surface area (Å²) in [5.74, 6) is 0.457. The number of likely N-dealkylation sites (tertiary alicyclic amines) is 1. The summed E-state index contributed by atoms with van der Waals surface area (Å²) in [4.78, 5) is 41.6. The van der Waals surface area contributed by atoms with Crippen molar-refractivity contribution in [1.29, 1.82) is 0 Å². The molecule has 1 atom stereocenters. The Kier molecular flexibility index (Phi) is 5.29. The molecule has 0 aromatic rings. The lowest BCUT2D eigenvalue weighted by atomic mass is 9.90. The summed E-state index contributed by atoms with van der Waals surface area (Å²) in [6, 6.07) is -0.683. The minimum absolute atomic E-state index is 0.0456. The average molecular weight is 366 g/mol. The van der Waals surface area contributed by atoms with Crippen LogP contribution < -0.4 is 5.32 Å². The van der Waals surface area contributed by atoms with E-state index in [2.05, 4.69) is 19.2 Å². The number of nitrogens with one attached hydrogen (secondary N) is 1. The van der Waals surface area contributed by atoms with Gasteiger partial charge in [-0.25, -0.2) is 9.59 Å². The van der Waals surface area contributed by atoms with Crippen LogP contribution in [0.25, 0.3) is 0 Å². The molecule has 1 N–H and O–H groups in total. The van der Waals surface area contributed by atoms with Gasteiger partial charge < -0.3 is 24.8 Å². The molecule has 3 fully saturated rings. The number of hydrogen-bond donors (Lipinski definition) is 1. The van der Waals surface area contributed by atoms with E-state index < -0.39 is 11.6 Å². The smallest absolute Gasteiger partial charge is 0.410 e. The molecule has 8 nitrogen and oxygen atoms in total. The van der Waals surface area contributed by atoms with Crippen LogP contribution in [0.2, 0.25) is 0 Å². The molecular weight excluding hydrogens is 336 g/mol. The summed E-state index contributed by atoms with van der Waals surface area (Å²) in [5.41, 5.74) is -0.463. The number of likely N-dealkylation sites (N-methyl/N-ethyl adjacent to an activating group) is 1. The van der Waals surface area contributed by atoms with Crippen LogP contribution in [0, 0.1) is 5.92 Å². The van der Waals surface area contributed by atoms with Crippen molar-refractivity contribution in [2.45, 2.75) is 51.2 Å². The first-order chi connectivity index (χ1) is 12.4. The molecular formula is C18H30N4O4. The predicted molar refractivity (Wildman–Crippen MR) is 95.6 cm³/mol. The second-order valence-corrected chi connectivity index (χ2v) is 7.82. The lowest BCUT2D eigenvalue weighted by Crippen LogP contribution is -2.53. The van der Waals surface area contributed by atoms with Gasteiger partial charge in [-0.2, -0.15) is 0 Å². The van der Waals surface area contributed by atoms with Crippen molar-refractivity contribution in [3.8, 4) is 0 Å². The Labute approximate surface area is 154 Å². The van der Waals surface area contributed by atoms with Gasteiger partial charge in [0.05, 0.1) is 13.1 Å². The third kappa shape index (κ3) is 3.59. The summed E-state index contributed by atoms with van der Waals surface area (Å²) < 4.78 is 5.75. The first-order valence-corrected chi connectivity index (χ1v) is 9.66. The Morgan fingerprint density at radius 1 is 1.27 bits per heavy atom. The second-order valence-electron chi connectivity index (χ2n) is 7.82. The van der Waals surface area contributed by atoms with E-state index in [4.69, 9.17) is 4.74 Å². The number of carbonyl (C=O) groups is 3. The third-order valence-corrected chi connectivity index (χ3v) is 6.06. The average Bonchev–Trinajstić information content (AvgIpc) is 3.12. The monoisotopic (exact) mass is 366 g/mol. The van der Waals surface area contributed by atoms with Crippen LogP contribution in [0.5, 0.6) is 0 Å². The van der Waals surface area contributed by atoms with Crippen molar-refractivity contribution < 1.29 is 19.1 Å². The first-order valence-electron chi connectivity index (χ1n) is 9.66. The van der Waals surface area contributed by atoms with Crippen LogP contribution in [0.1, 0.15) is 39.5 Å². The van der Waals surface area contributed by atoms with Crippen LogP contribution >= 0.6 is 0 Å². The van der Waals surface area contributed by atoms with Crippen LogP contribution in [-0.4, -0.2) is 84.1 Å². The highest BCUT2D eigenvalue weighted by atomic mass is 16.6. The molecule has 8 heteroatoms. The SMILES string of the molecule is CCC(CC)CN1CC2(CCN(C(=O)[C@H]3CN(C)C(=O)N3)CC2)OC1=O. The van der Waals surface area contributed by atoms with Crippen molar-refractivity contribution in [1.82, 2.24) is 20.0 Å². The lowest BCUT2D eigenvalue weighted by molar-refractivity contribution is -0.136. The molecule has 4 amide bonds. The molecule has 0 unspecified atom stereocenters. The maximum absolute atomic E-state index is 12.6. The Bertz CT molecular complexity index is 570. The number of rotatable bonds is 5. The molecule has 3 aliphatic rings. The summed E-state index contributed by atoms with van der Waals surface area (Å²) in [6.45, 7) is 7.17. The number of urea groups is 1. The molecule has 0 radical (unpaired) electrons. The van der Waals surface area contributed by atoms with Gasteiger partial charge in [0.15, 0.2) is 0 Å². The van der Waals surface area contributed by atoms with E-state index in [9.17, 15) is 14.4 Å². The molecule has 146 valence electrons. The van der Waals surface area contributed by atoms with Crippen LogP contribution in [-0.2, 0) is 9.53 Å². The number of hydrogen-bond acceptors (Lipinski definition) is 4. The first kappa shape index (κ1) is 18.8. The molecule has 1 spiro atoms. The van der Waals surface area contributed by atoms with Crippen molar-refractivity contribution in [3.05, 3.63) is 0 Å². The Hall–Kier alpha value is -1.99. The molecule has 3 aliphatic heterocycles. The highest BCUT2D eigenvalue weighted by molar-refractivity contribution is 5.90. The van der Waals surface area contributed by atoms with E-state index in [1.165, 1.54) is 4.90 Å². The minimum Gasteiger partial charge on any atom is -0.441 e. The van der Waals surface area contributed by atoms with Crippen LogP contribution in [0.4, 0.5) is 9.59 Å². The molecule has 3 saturated heterocycles. The minimum atomic E-state index is -0.473. The summed E-state index contributed by atoms with van der Waals surface area (Å²) >= 11 is 0. The van der Waals surface area contributed by atoms with E-state index in [1.54, 1.807) is 11.9 Å². The van der Waals surface area contributed by atoms with E-state index in [0.717, 1.165) is 19.4 Å². The highest BCUT2D eigenvalue weighted by Crippen LogP contribution is 2.34. The van der Waals surface area contributed by atoms with E-state index in [1.807, 2.05) is 4.90 Å². The van der Waals surface area contributed by atoms with Gasteiger partial charge in [0, 0.05) is 39.5 Å². The Morgan fingerprint density at radius 3 is 2.46 bits per heavy atom. The van der Waals surface area contributed by atoms with Gasteiger partial charge in [-0.15, -0.1) is 0 Å². The molecule has 0 aliphatic carbocycles. The lowest BCUT2D eigenvalue weighted by Gasteiger charge is -2.38. The molecule has 26 heavy (non-hydrogen) atoms. The van der Waals surface area contributed by atoms with E-state index >= 15 is 0 Å². The molecule has 0 aromatic heterocycles. The summed E-state index contributed by atoms with van der Waals surface area (Å²) in [5, 5.41) is 2.71. The number of ether oxygens (including phenoxy) is 1. The van der Waals surface area contributed by atoms with Crippen molar-refractivity contribution in [2.24, 2.45) is 5.92 Å². The van der Waals surface area contributed by atoms with Crippen molar-refractivity contribution >= 4 is 18.0 Å². The van der Waals surface area contributed by atoms with Gasteiger partial charge >= 0.3 is 12.1 Å². The summed E-state index contributed by atoms with van der Waals surface area (Å²) in [7, 11) is 1.68. The quantitative estimate of drug-likeness (QED) is 0.794. The zero-order valence-electron chi connectivity index (χ0n) is 16.0. The Balaban J connectivity index is 1.54. The highest BCUT2D eigenvalue weighted by Gasteiger charge is 2.48.